The largest absolute Gasteiger partial charge is 0.296 e. The number of ketones is 1. The fourth-order valence-corrected chi connectivity index (χ4v) is 2.27. The Bertz CT molecular complexity index is 127. The van der Waals surface area contributed by atoms with Crippen LogP contribution in [0.4, 0.5) is 0 Å². The second kappa shape index (κ2) is 3.48. The lowest BCUT2D eigenvalue weighted by Gasteiger charge is -2.20. The Hall–Kier alpha value is 0.100. The van der Waals surface area contributed by atoms with Gasteiger partial charge in [0.05, 0.1) is 5.66 Å². The van der Waals surface area contributed by atoms with Crippen molar-refractivity contribution in [1.29, 1.82) is 0 Å². The van der Waals surface area contributed by atoms with E-state index in [2.05, 4.69) is 27.2 Å². The third kappa shape index (κ3) is 3.31. The molecule has 2 heteroatoms. The molecule has 0 aromatic rings. The van der Waals surface area contributed by atoms with E-state index in [1.165, 1.54) is 0 Å². The summed E-state index contributed by atoms with van der Waals surface area (Å²) in [7, 11) is -0.920. The van der Waals surface area contributed by atoms with Gasteiger partial charge in [-0.15, -0.1) is 0 Å². The minimum Gasteiger partial charge on any atom is -0.296 e. The van der Waals surface area contributed by atoms with Crippen LogP contribution >= 0.6 is 7.26 Å². The second-order valence-corrected chi connectivity index (χ2v) is 8.64. The molecule has 0 rings (SSSR count). The van der Waals surface area contributed by atoms with E-state index in [4.69, 9.17) is 0 Å². The summed E-state index contributed by atoms with van der Waals surface area (Å²) in [4.78, 5) is 10.8. The number of carbonyl (C=O) groups excluding carboxylic acids is 1. The monoisotopic (exact) mass is 161 g/mol. The normalized spacial score (nSPS) is 12.2. The predicted molar refractivity (Wildman–Crippen MR) is 49.5 cm³/mol. The fraction of sp³-hybridized carbons (Fsp3) is 0.875. The lowest BCUT2D eigenvalue weighted by atomic mass is 10.5. The van der Waals surface area contributed by atoms with Crippen molar-refractivity contribution < 1.29 is 4.79 Å². The summed E-state index contributed by atoms with van der Waals surface area (Å²) in [6.45, 7) is 10.6. The van der Waals surface area contributed by atoms with Crippen molar-refractivity contribution in [2.45, 2.75) is 26.4 Å². The number of carbonyl (C=O) groups is 1. The highest BCUT2D eigenvalue weighted by molar-refractivity contribution is 7.75. The van der Waals surface area contributed by atoms with Gasteiger partial charge in [-0.3, -0.25) is 4.79 Å². The van der Waals surface area contributed by atoms with Gasteiger partial charge in [0.25, 0.3) is 0 Å². The van der Waals surface area contributed by atoms with Crippen molar-refractivity contribution in [2.75, 3.05) is 19.5 Å². The van der Waals surface area contributed by atoms with E-state index >= 15 is 0 Å². The first-order valence-electron chi connectivity index (χ1n) is 3.68. The SMILES string of the molecule is CC(=O)C[P+](C)(C)C(C)C. The van der Waals surface area contributed by atoms with Crippen molar-refractivity contribution in [2.24, 2.45) is 0 Å². The van der Waals surface area contributed by atoms with E-state index in [9.17, 15) is 4.79 Å². The highest BCUT2D eigenvalue weighted by Crippen LogP contribution is 2.55. The molecule has 0 spiro atoms. The number of Topliss-reactive ketones (excluding diaryl/α,β-unsaturated/α-hetero) is 1. The highest BCUT2D eigenvalue weighted by Gasteiger charge is 2.30. The molecule has 1 nitrogen and oxygen atoms in total. The Morgan fingerprint density at radius 2 is 1.80 bits per heavy atom. The summed E-state index contributed by atoms with van der Waals surface area (Å²) in [6, 6.07) is 0. The summed E-state index contributed by atoms with van der Waals surface area (Å²) in [6.07, 6.45) is 0.810. The molecule has 0 amide bonds. The molecule has 0 N–H and O–H groups in total. The molecule has 0 bridgehead atoms. The van der Waals surface area contributed by atoms with Crippen LogP contribution in [0, 0.1) is 0 Å². The van der Waals surface area contributed by atoms with Crippen LogP contribution in [0.15, 0.2) is 0 Å². The third-order valence-corrected chi connectivity index (χ3v) is 6.08. The Labute approximate surface area is 64.5 Å². The average molecular weight is 161 g/mol. The summed E-state index contributed by atoms with van der Waals surface area (Å²) >= 11 is 0. The molecular weight excluding hydrogens is 143 g/mol. The van der Waals surface area contributed by atoms with Gasteiger partial charge >= 0.3 is 0 Å². The van der Waals surface area contributed by atoms with Gasteiger partial charge in [-0.25, -0.2) is 0 Å². The van der Waals surface area contributed by atoms with Gasteiger partial charge in [-0.1, -0.05) is 0 Å². The van der Waals surface area contributed by atoms with Gasteiger partial charge in [0.1, 0.15) is 6.16 Å². The Morgan fingerprint density at radius 1 is 1.40 bits per heavy atom. The van der Waals surface area contributed by atoms with Crippen molar-refractivity contribution >= 4 is 13.0 Å². The van der Waals surface area contributed by atoms with Crippen LogP contribution in [0.2, 0.25) is 0 Å². The zero-order valence-electron chi connectivity index (χ0n) is 7.64. The fourth-order valence-electron chi connectivity index (χ4n) is 0.756. The van der Waals surface area contributed by atoms with Crippen LogP contribution in [0.1, 0.15) is 20.8 Å². The first kappa shape index (κ1) is 10.1. The van der Waals surface area contributed by atoms with Crippen LogP contribution in [-0.4, -0.2) is 30.9 Å². The van der Waals surface area contributed by atoms with Gasteiger partial charge in [0.2, 0.25) is 0 Å². The number of hydrogen-bond donors (Lipinski definition) is 0. The average Bonchev–Trinajstić information content (AvgIpc) is 1.60. The summed E-state index contributed by atoms with van der Waals surface area (Å²) < 4.78 is 0. The molecule has 10 heavy (non-hydrogen) atoms. The Balaban J connectivity index is 3.99. The molecule has 0 saturated heterocycles. The molecule has 0 heterocycles. The quantitative estimate of drug-likeness (QED) is 0.580. The van der Waals surface area contributed by atoms with E-state index < -0.39 is 7.26 Å². The molecule has 0 saturated carbocycles. The van der Waals surface area contributed by atoms with Crippen LogP contribution in [0.3, 0.4) is 0 Å². The topological polar surface area (TPSA) is 17.1 Å². The Morgan fingerprint density at radius 3 is 1.90 bits per heavy atom. The standard InChI is InChI=1S/C8H18OP/c1-7(2)10(4,5)6-8(3)9/h7H,6H2,1-5H3/q+1. The summed E-state index contributed by atoms with van der Waals surface area (Å²) in [5.74, 6) is 0.340. The second-order valence-electron chi connectivity index (χ2n) is 3.73. The van der Waals surface area contributed by atoms with Crippen LogP contribution in [0.25, 0.3) is 0 Å². The lowest BCUT2D eigenvalue weighted by Crippen LogP contribution is -2.12. The maximum atomic E-state index is 10.8. The van der Waals surface area contributed by atoms with Crippen LogP contribution in [-0.2, 0) is 4.79 Å². The zero-order chi connectivity index (χ0) is 8.36. The molecular formula is C8H18OP+. The molecule has 0 aliphatic heterocycles. The lowest BCUT2D eigenvalue weighted by molar-refractivity contribution is -0.114. The Kier molecular flexibility index (Phi) is 3.51. The number of hydrogen-bond acceptors (Lipinski definition) is 1. The van der Waals surface area contributed by atoms with E-state index in [0.717, 1.165) is 6.16 Å². The predicted octanol–water partition coefficient (Wildman–Crippen LogP) is 2.26. The van der Waals surface area contributed by atoms with Crippen molar-refractivity contribution in [3.63, 3.8) is 0 Å². The van der Waals surface area contributed by atoms with Crippen molar-refractivity contribution in [3.8, 4) is 0 Å². The van der Waals surface area contributed by atoms with Gasteiger partial charge < -0.3 is 0 Å². The van der Waals surface area contributed by atoms with E-state index in [-0.39, 0.29) is 0 Å². The van der Waals surface area contributed by atoms with E-state index in [1.807, 2.05) is 0 Å². The zero-order valence-corrected chi connectivity index (χ0v) is 8.53. The van der Waals surface area contributed by atoms with Gasteiger partial charge in [-0.2, -0.15) is 0 Å². The van der Waals surface area contributed by atoms with Gasteiger partial charge in [0.15, 0.2) is 5.78 Å². The minimum absolute atomic E-state index is 0.340. The first-order chi connectivity index (χ1) is 4.36. The maximum absolute atomic E-state index is 10.8. The van der Waals surface area contributed by atoms with Crippen LogP contribution < -0.4 is 0 Å². The van der Waals surface area contributed by atoms with Gasteiger partial charge in [-0.05, 0) is 20.8 Å². The molecule has 0 fully saturated rings. The number of rotatable bonds is 3. The summed E-state index contributed by atoms with van der Waals surface area (Å²) in [5, 5.41) is 0. The molecule has 0 aromatic carbocycles. The first-order valence-corrected chi connectivity index (χ1v) is 6.62. The molecule has 0 radical (unpaired) electrons. The van der Waals surface area contributed by atoms with Gasteiger partial charge in [0, 0.05) is 20.6 Å². The molecule has 0 aliphatic carbocycles. The minimum atomic E-state index is -0.920. The summed E-state index contributed by atoms with van der Waals surface area (Å²) in [5.41, 5.74) is 0.691. The van der Waals surface area contributed by atoms with Crippen molar-refractivity contribution in [3.05, 3.63) is 0 Å². The smallest absolute Gasteiger partial charge is 0.166 e. The molecule has 0 aliphatic rings. The molecule has 0 aromatic heterocycles. The maximum Gasteiger partial charge on any atom is 0.166 e. The molecule has 60 valence electrons. The van der Waals surface area contributed by atoms with E-state index in [1.54, 1.807) is 6.92 Å². The van der Waals surface area contributed by atoms with Crippen molar-refractivity contribution in [1.82, 2.24) is 0 Å². The highest BCUT2D eigenvalue weighted by atomic mass is 31.2. The molecule has 0 unspecified atom stereocenters. The van der Waals surface area contributed by atoms with E-state index in [0.29, 0.717) is 11.4 Å². The van der Waals surface area contributed by atoms with Crippen LogP contribution in [0.5, 0.6) is 0 Å². The molecule has 0 atom stereocenters. The third-order valence-electron chi connectivity index (χ3n) is 2.03.